The first-order chi connectivity index (χ1) is 9.35. The van der Waals surface area contributed by atoms with Gasteiger partial charge in [-0.2, -0.15) is 5.10 Å². The summed E-state index contributed by atoms with van der Waals surface area (Å²) in [5.41, 5.74) is 8.90. The minimum atomic E-state index is 0.572. The Morgan fingerprint density at radius 2 is 2.05 bits per heavy atom. The van der Waals surface area contributed by atoms with Gasteiger partial charge in [0.1, 0.15) is 5.01 Å². The smallest absolute Gasteiger partial charge is 0.123 e. The zero-order valence-corrected chi connectivity index (χ0v) is 11.2. The summed E-state index contributed by atoms with van der Waals surface area (Å²) in [6.07, 6.45) is 3.72. The van der Waals surface area contributed by atoms with E-state index in [0.717, 1.165) is 21.8 Å². The van der Waals surface area contributed by atoms with Crippen molar-refractivity contribution in [1.82, 2.24) is 14.8 Å². The molecule has 4 nitrogen and oxygen atoms in total. The van der Waals surface area contributed by atoms with Crippen LogP contribution < -0.4 is 5.73 Å². The lowest BCUT2D eigenvalue weighted by atomic mass is 10.1. The highest BCUT2D eigenvalue weighted by molar-refractivity contribution is 7.13. The Kier molecular flexibility index (Phi) is 3.39. The van der Waals surface area contributed by atoms with Crippen LogP contribution in [0.15, 0.2) is 48.1 Å². The van der Waals surface area contributed by atoms with Gasteiger partial charge in [-0.15, -0.1) is 11.3 Å². The highest BCUT2D eigenvalue weighted by atomic mass is 32.1. The normalized spacial score (nSPS) is 10.8. The van der Waals surface area contributed by atoms with Crippen LogP contribution in [-0.4, -0.2) is 14.8 Å². The van der Waals surface area contributed by atoms with E-state index in [2.05, 4.69) is 27.6 Å². The number of nitrogens with two attached hydrogens (primary N) is 1. The standard InChI is InChI=1S/C14H14N4S/c15-8-11-2-4-12(5-3-11)14-17-13(10-19-14)9-18-7-1-6-16-18/h1-7,10H,8-9,15H2. The van der Waals surface area contributed by atoms with Gasteiger partial charge < -0.3 is 5.73 Å². The van der Waals surface area contributed by atoms with Gasteiger partial charge in [-0.25, -0.2) is 4.98 Å². The molecule has 0 bridgehead atoms. The van der Waals surface area contributed by atoms with Gasteiger partial charge in [0, 0.05) is 29.9 Å². The molecule has 0 amide bonds. The number of hydrogen-bond donors (Lipinski definition) is 1. The van der Waals surface area contributed by atoms with Crippen molar-refractivity contribution in [3.8, 4) is 10.6 Å². The second-order valence-corrected chi connectivity index (χ2v) is 5.11. The van der Waals surface area contributed by atoms with E-state index in [-0.39, 0.29) is 0 Å². The quantitative estimate of drug-likeness (QED) is 0.792. The van der Waals surface area contributed by atoms with Gasteiger partial charge in [0.2, 0.25) is 0 Å². The van der Waals surface area contributed by atoms with Crippen molar-refractivity contribution in [3.05, 3.63) is 59.4 Å². The molecular weight excluding hydrogens is 256 g/mol. The van der Waals surface area contributed by atoms with Gasteiger partial charge in [0.15, 0.2) is 0 Å². The van der Waals surface area contributed by atoms with Crippen molar-refractivity contribution in [2.75, 3.05) is 0 Å². The number of rotatable bonds is 4. The molecule has 19 heavy (non-hydrogen) atoms. The molecule has 0 atom stereocenters. The first kappa shape index (κ1) is 12.1. The molecule has 3 rings (SSSR count). The molecule has 2 aromatic heterocycles. The zero-order chi connectivity index (χ0) is 13.1. The molecule has 0 radical (unpaired) electrons. The molecule has 0 aliphatic rings. The van der Waals surface area contributed by atoms with Crippen LogP contribution in [0.1, 0.15) is 11.3 Å². The first-order valence-electron chi connectivity index (χ1n) is 6.06. The van der Waals surface area contributed by atoms with Gasteiger partial charge >= 0.3 is 0 Å². The molecule has 3 aromatic rings. The van der Waals surface area contributed by atoms with Crippen LogP contribution in [0.4, 0.5) is 0 Å². The van der Waals surface area contributed by atoms with Crippen LogP contribution in [0.5, 0.6) is 0 Å². The molecule has 5 heteroatoms. The molecule has 0 saturated heterocycles. The largest absolute Gasteiger partial charge is 0.326 e. The topological polar surface area (TPSA) is 56.7 Å². The number of benzene rings is 1. The number of hydrogen-bond acceptors (Lipinski definition) is 4. The average Bonchev–Trinajstić information content (AvgIpc) is 3.11. The summed E-state index contributed by atoms with van der Waals surface area (Å²) < 4.78 is 1.87. The molecule has 0 saturated carbocycles. The minimum Gasteiger partial charge on any atom is -0.326 e. The molecule has 0 spiro atoms. The summed E-state index contributed by atoms with van der Waals surface area (Å²) in [7, 11) is 0. The Labute approximate surface area is 115 Å². The molecular formula is C14H14N4S. The van der Waals surface area contributed by atoms with Crippen LogP contribution in [-0.2, 0) is 13.1 Å². The average molecular weight is 270 g/mol. The fourth-order valence-electron chi connectivity index (χ4n) is 1.86. The van der Waals surface area contributed by atoms with Crippen LogP contribution in [0.3, 0.4) is 0 Å². The van der Waals surface area contributed by atoms with Crippen molar-refractivity contribution in [1.29, 1.82) is 0 Å². The van der Waals surface area contributed by atoms with E-state index in [1.165, 1.54) is 0 Å². The lowest BCUT2D eigenvalue weighted by Gasteiger charge is -1.99. The molecule has 2 heterocycles. The summed E-state index contributed by atoms with van der Waals surface area (Å²) in [5, 5.41) is 7.29. The lowest BCUT2D eigenvalue weighted by molar-refractivity contribution is 0.676. The van der Waals surface area contributed by atoms with Gasteiger partial charge in [0.05, 0.1) is 12.2 Å². The maximum absolute atomic E-state index is 5.60. The van der Waals surface area contributed by atoms with Crippen LogP contribution in [0, 0.1) is 0 Å². The number of thiazole rings is 1. The Morgan fingerprint density at radius 3 is 2.74 bits per heavy atom. The van der Waals surface area contributed by atoms with Gasteiger partial charge in [-0.1, -0.05) is 24.3 Å². The molecule has 0 aliphatic heterocycles. The van der Waals surface area contributed by atoms with E-state index in [1.807, 2.05) is 29.1 Å². The van der Waals surface area contributed by atoms with E-state index in [0.29, 0.717) is 13.1 Å². The summed E-state index contributed by atoms with van der Waals surface area (Å²) in [4.78, 5) is 4.64. The SMILES string of the molecule is NCc1ccc(-c2nc(Cn3cccn3)cs2)cc1. The van der Waals surface area contributed by atoms with Gasteiger partial charge in [-0.05, 0) is 11.6 Å². The van der Waals surface area contributed by atoms with Crippen molar-refractivity contribution in [2.45, 2.75) is 13.1 Å². The Balaban J connectivity index is 1.80. The molecule has 96 valence electrons. The van der Waals surface area contributed by atoms with E-state index in [9.17, 15) is 0 Å². The number of aromatic nitrogens is 3. The van der Waals surface area contributed by atoms with Crippen molar-refractivity contribution in [2.24, 2.45) is 5.73 Å². The Bertz CT molecular complexity index is 640. The third-order valence-corrected chi connectivity index (χ3v) is 3.81. The fourth-order valence-corrected chi connectivity index (χ4v) is 2.67. The maximum atomic E-state index is 5.60. The van der Waals surface area contributed by atoms with Crippen molar-refractivity contribution < 1.29 is 0 Å². The predicted octanol–water partition coefficient (Wildman–Crippen LogP) is 2.51. The Hall–Kier alpha value is -1.98. The van der Waals surface area contributed by atoms with Gasteiger partial charge in [0.25, 0.3) is 0 Å². The lowest BCUT2D eigenvalue weighted by Crippen LogP contribution is -1.99. The summed E-state index contributed by atoms with van der Waals surface area (Å²) >= 11 is 1.65. The van der Waals surface area contributed by atoms with Gasteiger partial charge in [-0.3, -0.25) is 4.68 Å². The summed E-state index contributed by atoms with van der Waals surface area (Å²) in [6, 6.07) is 10.1. The molecule has 0 aliphatic carbocycles. The highest BCUT2D eigenvalue weighted by Gasteiger charge is 2.05. The van der Waals surface area contributed by atoms with E-state index in [4.69, 9.17) is 5.73 Å². The van der Waals surface area contributed by atoms with E-state index >= 15 is 0 Å². The van der Waals surface area contributed by atoms with E-state index < -0.39 is 0 Å². The monoisotopic (exact) mass is 270 g/mol. The van der Waals surface area contributed by atoms with Crippen molar-refractivity contribution in [3.63, 3.8) is 0 Å². The molecule has 0 fully saturated rings. The molecule has 1 aromatic carbocycles. The minimum absolute atomic E-state index is 0.572. The molecule has 0 unspecified atom stereocenters. The number of nitrogens with zero attached hydrogens (tertiary/aromatic N) is 3. The third kappa shape index (κ3) is 2.72. The highest BCUT2D eigenvalue weighted by Crippen LogP contribution is 2.24. The van der Waals surface area contributed by atoms with Crippen LogP contribution >= 0.6 is 11.3 Å². The van der Waals surface area contributed by atoms with Crippen LogP contribution in [0.25, 0.3) is 10.6 Å². The summed E-state index contributed by atoms with van der Waals surface area (Å²) in [6.45, 7) is 1.28. The predicted molar refractivity (Wildman–Crippen MR) is 76.8 cm³/mol. The Morgan fingerprint density at radius 1 is 1.21 bits per heavy atom. The third-order valence-electron chi connectivity index (χ3n) is 2.87. The second-order valence-electron chi connectivity index (χ2n) is 4.25. The van der Waals surface area contributed by atoms with Crippen LogP contribution in [0.2, 0.25) is 0 Å². The zero-order valence-electron chi connectivity index (χ0n) is 10.4. The first-order valence-corrected chi connectivity index (χ1v) is 6.94. The molecule has 2 N–H and O–H groups in total. The summed E-state index contributed by atoms with van der Waals surface area (Å²) in [5.74, 6) is 0. The second kappa shape index (κ2) is 5.34. The maximum Gasteiger partial charge on any atom is 0.123 e. The van der Waals surface area contributed by atoms with E-state index in [1.54, 1.807) is 17.5 Å². The fraction of sp³-hybridized carbons (Fsp3) is 0.143. The van der Waals surface area contributed by atoms with Crippen molar-refractivity contribution >= 4 is 11.3 Å².